The van der Waals surface area contributed by atoms with Gasteiger partial charge in [-0.15, -0.1) is 4.90 Å². The van der Waals surface area contributed by atoms with Crippen LogP contribution in [0.2, 0.25) is 0 Å². The van der Waals surface area contributed by atoms with Crippen LogP contribution in [0.15, 0.2) is 29.4 Å². The van der Waals surface area contributed by atoms with Crippen molar-refractivity contribution in [2.75, 3.05) is 19.4 Å². The zero-order chi connectivity index (χ0) is 34.4. The number of sulfonamides is 1. The first-order valence-corrected chi connectivity index (χ1v) is 15.9. The van der Waals surface area contributed by atoms with Crippen LogP contribution < -0.4 is 9.47 Å². The molecule has 0 aliphatic carbocycles. The summed E-state index contributed by atoms with van der Waals surface area (Å²) in [5, 5.41) is 0. The van der Waals surface area contributed by atoms with Crippen molar-refractivity contribution in [3.63, 3.8) is 0 Å². The third-order valence-corrected chi connectivity index (χ3v) is 8.37. The Kier molecular flexibility index (Phi) is 9.09. The van der Waals surface area contributed by atoms with Gasteiger partial charge in [0, 0.05) is 12.6 Å². The van der Waals surface area contributed by atoms with E-state index < -0.39 is 62.3 Å². The molecule has 2 aromatic rings. The average molecular weight is 666 g/mol. The second-order valence-electron chi connectivity index (χ2n) is 13.0. The number of aromatic nitrogens is 2. The molecule has 0 fully saturated rings. The van der Waals surface area contributed by atoms with E-state index >= 15 is 8.78 Å². The number of benzene rings is 1. The molecule has 2 aliphatic rings. The van der Waals surface area contributed by atoms with Gasteiger partial charge < -0.3 is 18.9 Å². The summed E-state index contributed by atoms with van der Waals surface area (Å²) in [6.07, 6.45) is -0.530. The second kappa shape index (κ2) is 12.1. The molecule has 0 radical (unpaired) electrons. The summed E-state index contributed by atoms with van der Waals surface area (Å²) in [4.78, 5) is 39.5. The fourth-order valence-corrected chi connectivity index (χ4v) is 5.92. The molecule has 13 nitrogen and oxygen atoms in total. The Morgan fingerprint density at radius 1 is 1.13 bits per heavy atom. The summed E-state index contributed by atoms with van der Waals surface area (Å²) in [6.45, 7) is 12.7. The summed E-state index contributed by atoms with van der Waals surface area (Å²) >= 11 is 0. The minimum Gasteiger partial charge on any atom is -0.483 e. The number of guanidine groups is 1. The Morgan fingerprint density at radius 2 is 1.74 bits per heavy atom. The van der Waals surface area contributed by atoms with Gasteiger partial charge >= 0.3 is 12.2 Å². The number of halogens is 2. The predicted molar refractivity (Wildman–Crippen MR) is 164 cm³/mol. The van der Waals surface area contributed by atoms with Crippen LogP contribution in [0.25, 0.3) is 11.9 Å². The van der Waals surface area contributed by atoms with Gasteiger partial charge in [0.05, 0.1) is 11.9 Å². The van der Waals surface area contributed by atoms with E-state index in [0.717, 1.165) is 19.2 Å². The van der Waals surface area contributed by atoms with Crippen LogP contribution in [0, 0.1) is 5.82 Å². The molecule has 46 heavy (non-hydrogen) atoms. The lowest BCUT2D eigenvalue weighted by Crippen LogP contribution is -2.58. The van der Waals surface area contributed by atoms with Crippen LogP contribution in [-0.2, 0) is 25.0 Å². The molecule has 0 saturated carbocycles. The van der Waals surface area contributed by atoms with Gasteiger partial charge in [0.1, 0.15) is 35.3 Å². The standard InChI is InChI=1S/C30H37F2N5O8S/c1-17-15-42-22-14-33-23(34-24(22)43-17)21(32)13-18-10-11-20(31)19(12-18)30(8)16-46(40,41)36(9)25(35-30)37(26(38)44-28(2,3)4)27(39)45-29(5,6)7/h10-14,17H,15-16H2,1-9H3/b21-13-/t17-,30-/m0/s1. The number of hydrogen-bond donors (Lipinski definition) is 0. The molecule has 1 aromatic heterocycles. The molecule has 0 spiro atoms. The van der Waals surface area contributed by atoms with E-state index in [9.17, 15) is 18.0 Å². The van der Waals surface area contributed by atoms with Crippen molar-refractivity contribution in [1.29, 1.82) is 0 Å². The van der Waals surface area contributed by atoms with Crippen LogP contribution in [-0.4, -0.2) is 82.5 Å². The monoisotopic (exact) mass is 665 g/mol. The largest absolute Gasteiger partial charge is 0.483 e. The predicted octanol–water partition coefficient (Wildman–Crippen LogP) is 5.26. The normalized spacial score (nSPS) is 21.3. The number of aliphatic imine (C=N–C) groups is 1. The Bertz CT molecular complexity index is 1690. The van der Waals surface area contributed by atoms with Gasteiger partial charge in [-0.25, -0.2) is 41.1 Å². The molecule has 16 heteroatoms. The number of imide groups is 1. The number of amides is 2. The van der Waals surface area contributed by atoms with Crippen molar-refractivity contribution in [2.45, 2.75) is 78.2 Å². The van der Waals surface area contributed by atoms with Crippen LogP contribution in [0.3, 0.4) is 0 Å². The number of nitrogens with zero attached hydrogens (tertiary/aromatic N) is 5. The maximum Gasteiger partial charge on any atom is 0.427 e. The van der Waals surface area contributed by atoms with E-state index in [1.807, 2.05) is 0 Å². The quantitative estimate of drug-likeness (QED) is 0.425. The van der Waals surface area contributed by atoms with E-state index in [0.29, 0.717) is 9.21 Å². The SMILES string of the molecule is C[C@H]1COc2cnc(/C(F)=C/c3ccc(F)c([C@]4(C)CS(=O)(=O)N(C)C(N(C(=O)OC(C)(C)C)C(=O)OC(C)(C)C)=N4)c3)nc2O1. The number of carbonyl (C=O) groups is 2. The third-order valence-electron chi connectivity index (χ3n) is 6.45. The number of hydrogen-bond acceptors (Lipinski definition) is 11. The number of ether oxygens (including phenoxy) is 4. The molecule has 0 N–H and O–H groups in total. The highest BCUT2D eigenvalue weighted by atomic mass is 32.2. The lowest BCUT2D eigenvalue weighted by Gasteiger charge is -2.39. The summed E-state index contributed by atoms with van der Waals surface area (Å²) in [5.74, 6) is -3.19. The zero-order valence-electron chi connectivity index (χ0n) is 27.0. The topological polar surface area (TPSA) is 150 Å². The van der Waals surface area contributed by atoms with Crippen LogP contribution in [0.1, 0.15) is 72.3 Å². The van der Waals surface area contributed by atoms with Gasteiger partial charge in [0.2, 0.25) is 16.0 Å². The Labute approximate surface area is 266 Å². The molecule has 250 valence electrons. The summed E-state index contributed by atoms with van der Waals surface area (Å²) < 4.78 is 80.2. The Morgan fingerprint density at radius 3 is 2.33 bits per heavy atom. The van der Waals surface area contributed by atoms with Crippen molar-refractivity contribution >= 4 is 40.1 Å². The van der Waals surface area contributed by atoms with Gasteiger partial charge in [0.15, 0.2) is 17.4 Å². The van der Waals surface area contributed by atoms with Gasteiger partial charge in [-0.1, -0.05) is 6.07 Å². The lowest BCUT2D eigenvalue weighted by molar-refractivity contribution is 0.0133. The minimum absolute atomic E-state index is 0.0672. The van der Waals surface area contributed by atoms with Crippen molar-refractivity contribution < 1.29 is 45.7 Å². The summed E-state index contributed by atoms with van der Waals surface area (Å²) in [5.41, 5.74) is -4.23. The van der Waals surface area contributed by atoms with E-state index in [-0.39, 0.29) is 41.3 Å². The molecule has 3 heterocycles. The van der Waals surface area contributed by atoms with Gasteiger partial charge in [0.25, 0.3) is 5.88 Å². The second-order valence-corrected chi connectivity index (χ2v) is 15.0. The molecule has 2 amide bonds. The highest BCUT2D eigenvalue weighted by Crippen LogP contribution is 2.37. The molecule has 2 atom stereocenters. The van der Waals surface area contributed by atoms with Gasteiger partial charge in [-0.2, -0.15) is 4.98 Å². The molecule has 0 saturated heterocycles. The average Bonchev–Trinajstić information content (AvgIpc) is 2.89. The molecule has 0 bridgehead atoms. The van der Waals surface area contributed by atoms with Crippen molar-refractivity contribution in [2.24, 2.45) is 4.99 Å². The van der Waals surface area contributed by atoms with E-state index in [1.54, 1.807) is 48.5 Å². The Balaban J connectivity index is 1.81. The molecule has 4 rings (SSSR count). The molecular weight excluding hydrogens is 628 g/mol. The van der Waals surface area contributed by atoms with E-state index in [4.69, 9.17) is 18.9 Å². The smallest absolute Gasteiger partial charge is 0.427 e. The summed E-state index contributed by atoms with van der Waals surface area (Å²) in [6, 6.07) is 3.50. The van der Waals surface area contributed by atoms with E-state index in [2.05, 4.69) is 15.0 Å². The number of fused-ring (bicyclic) bond motifs is 1. The van der Waals surface area contributed by atoms with Gasteiger partial charge in [-0.05, 0) is 79.2 Å². The van der Waals surface area contributed by atoms with E-state index in [1.165, 1.54) is 25.3 Å². The molecular formula is C30H37F2N5O8S. The first-order valence-electron chi connectivity index (χ1n) is 14.3. The highest BCUT2D eigenvalue weighted by Gasteiger charge is 2.48. The number of carbonyl (C=O) groups excluding carboxylic acids is 2. The molecule has 0 unspecified atom stereocenters. The minimum atomic E-state index is -4.33. The fraction of sp³-hybridized carbons (Fsp3) is 0.500. The van der Waals surface area contributed by atoms with Crippen LogP contribution >= 0.6 is 0 Å². The zero-order valence-corrected chi connectivity index (χ0v) is 27.9. The first-order chi connectivity index (χ1) is 21.1. The molecule has 2 aliphatic heterocycles. The van der Waals surface area contributed by atoms with Crippen LogP contribution in [0.4, 0.5) is 18.4 Å². The highest BCUT2D eigenvalue weighted by molar-refractivity contribution is 7.89. The Hall–Kier alpha value is -4.34. The number of rotatable bonds is 3. The maximum absolute atomic E-state index is 15.5. The van der Waals surface area contributed by atoms with Crippen molar-refractivity contribution in [3.8, 4) is 11.6 Å². The summed E-state index contributed by atoms with van der Waals surface area (Å²) in [7, 11) is -3.24. The van der Waals surface area contributed by atoms with Gasteiger partial charge in [-0.3, -0.25) is 0 Å². The van der Waals surface area contributed by atoms with Crippen LogP contribution in [0.5, 0.6) is 11.6 Å². The molecule has 1 aromatic carbocycles. The van der Waals surface area contributed by atoms with Crippen molar-refractivity contribution in [1.82, 2.24) is 19.2 Å². The third kappa shape index (κ3) is 7.71. The fourth-order valence-electron chi connectivity index (χ4n) is 4.42. The lowest BCUT2D eigenvalue weighted by atomic mass is 9.92. The maximum atomic E-state index is 15.5. The van der Waals surface area contributed by atoms with Crippen molar-refractivity contribution in [3.05, 3.63) is 47.2 Å². The first kappa shape index (κ1) is 34.5.